The zero-order valence-corrected chi connectivity index (χ0v) is 12.7. The van der Waals surface area contributed by atoms with Crippen LogP contribution < -0.4 is 5.73 Å². The Bertz CT molecular complexity index is 438. The fourth-order valence-electron chi connectivity index (χ4n) is 2.51. The molecular formula is C13H22ClN3O3. The van der Waals surface area contributed by atoms with E-state index in [1.165, 1.54) is 0 Å². The van der Waals surface area contributed by atoms with E-state index in [9.17, 15) is 4.79 Å². The molecule has 2 N–H and O–H groups in total. The van der Waals surface area contributed by atoms with Crippen molar-refractivity contribution in [1.29, 1.82) is 0 Å². The molecule has 2 unspecified atom stereocenters. The van der Waals surface area contributed by atoms with Gasteiger partial charge < -0.3 is 19.9 Å². The molecule has 0 aromatic carbocycles. The lowest BCUT2D eigenvalue weighted by atomic mass is 9.92. The minimum atomic E-state index is -0.103. The Balaban J connectivity index is 0.00000200. The number of nitrogens with two attached hydrogens (primary N) is 1. The summed E-state index contributed by atoms with van der Waals surface area (Å²) in [5, 5.41) is 3.81. The number of ether oxygens (including phenoxy) is 1. The largest absolute Gasteiger partial charge is 0.377 e. The van der Waals surface area contributed by atoms with Crippen LogP contribution in [-0.2, 0) is 11.3 Å². The predicted octanol–water partition coefficient (Wildman–Crippen LogP) is 1.44. The second-order valence-corrected chi connectivity index (χ2v) is 5.13. The number of nitrogens with zero attached hydrogens (tertiary/aromatic N) is 2. The van der Waals surface area contributed by atoms with E-state index in [0.717, 1.165) is 19.4 Å². The molecular weight excluding hydrogens is 282 g/mol. The van der Waals surface area contributed by atoms with Gasteiger partial charge in [0.1, 0.15) is 6.61 Å². The first kappa shape index (κ1) is 16.9. The van der Waals surface area contributed by atoms with Crippen LogP contribution in [0.4, 0.5) is 0 Å². The van der Waals surface area contributed by atoms with Crippen LogP contribution in [0, 0.1) is 5.92 Å². The SMILES string of the molecule is COCc1cc(C(=O)N2CCC(C)CC2CN)no1.Cl. The third-order valence-corrected chi connectivity index (χ3v) is 3.58. The van der Waals surface area contributed by atoms with E-state index in [2.05, 4.69) is 12.1 Å². The number of halogens is 1. The van der Waals surface area contributed by atoms with Gasteiger partial charge in [-0.25, -0.2) is 0 Å². The molecule has 1 aromatic rings. The Morgan fingerprint density at radius 2 is 2.40 bits per heavy atom. The Hall–Kier alpha value is -1.11. The average Bonchev–Trinajstić information content (AvgIpc) is 2.87. The van der Waals surface area contributed by atoms with Crippen LogP contribution >= 0.6 is 12.4 Å². The fourth-order valence-corrected chi connectivity index (χ4v) is 2.51. The number of carbonyl (C=O) groups excluding carboxylic acids is 1. The Morgan fingerprint density at radius 1 is 1.65 bits per heavy atom. The van der Waals surface area contributed by atoms with Crippen molar-refractivity contribution in [2.45, 2.75) is 32.4 Å². The molecule has 1 aliphatic heterocycles. The van der Waals surface area contributed by atoms with E-state index in [1.807, 2.05) is 4.90 Å². The van der Waals surface area contributed by atoms with Gasteiger partial charge in [0.2, 0.25) is 0 Å². The summed E-state index contributed by atoms with van der Waals surface area (Å²) in [7, 11) is 1.57. The summed E-state index contributed by atoms with van der Waals surface area (Å²) in [6.07, 6.45) is 1.95. The molecule has 2 atom stereocenters. The second-order valence-electron chi connectivity index (χ2n) is 5.13. The normalized spacial score (nSPS) is 22.4. The number of hydrogen-bond acceptors (Lipinski definition) is 5. The van der Waals surface area contributed by atoms with Crippen molar-refractivity contribution in [3.8, 4) is 0 Å². The van der Waals surface area contributed by atoms with Gasteiger partial charge in [0, 0.05) is 32.3 Å². The van der Waals surface area contributed by atoms with Crippen molar-refractivity contribution >= 4 is 18.3 Å². The van der Waals surface area contributed by atoms with Gasteiger partial charge in [0.15, 0.2) is 11.5 Å². The lowest BCUT2D eigenvalue weighted by Gasteiger charge is -2.37. The van der Waals surface area contributed by atoms with Crippen LogP contribution in [0.25, 0.3) is 0 Å². The number of hydrogen-bond donors (Lipinski definition) is 1. The molecule has 7 heteroatoms. The minimum Gasteiger partial charge on any atom is -0.377 e. The highest BCUT2D eigenvalue weighted by Crippen LogP contribution is 2.23. The molecule has 0 radical (unpaired) electrons. The Morgan fingerprint density at radius 3 is 3.05 bits per heavy atom. The van der Waals surface area contributed by atoms with E-state index >= 15 is 0 Å². The molecule has 0 bridgehead atoms. The number of piperidine rings is 1. The molecule has 114 valence electrons. The van der Waals surface area contributed by atoms with Crippen molar-refractivity contribution in [2.24, 2.45) is 11.7 Å². The Labute approximate surface area is 125 Å². The van der Waals surface area contributed by atoms with Gasteiger partial charge in [-0.05, 0) is 18.8 Å². The molecule has 1 aliphatic rings. The number of amides is 1. The zero-order chi connectivity index (χ0) is 13.8. The van der Waals surface area contributed by atoms with E-state index in [-0.39, 0.29) is 24.4 Å². The smallest absolute Gasteiger partial charge is 0.276 e. The minimum absolute atomic E-state index is 0. The summed E-state index contributed by atoms with van der Waals surface area (Å²) >= 11 is 0. The topological polar surface area (TPSA) is 81.6 Å². The van der Waals surface area contributed by atoms with Crippen LogP contribution in [0.2, 0.25) is 0 Å². The summed E-state index contributed by atoms with van der Waals surface area (Å²) in [6, 6.07) is 1.73. The van der Waals surface area contributed by atoms with Crippen molar-refractivity contribution in [3.05, 3.63) is 17.5 Å². The molecule has 1 saturated heterocycles. The first-order valence-electron chi connectivity index (χ1n) is 6.61. The van der Waals surface area contributed by atoms with Gasteiger partial charge in [-0.2, -0.15) is 0 Å². The lowest BCUT2D eigenvalue weighted by Crippen LogP contribution is -2.49. The van der Waals surface area contributed by atoms with E-state index in [4.69, 9.17) is 15.0 Å². The first-order chi connectivity index (χ1) is 9.15. The Kier molecular flexibility index (Phi) is 6.45. The molecule has 0 saturated carbocycles. The number of aromatic nitrogens is 1. The summed E-state index contributed by atoms with van der Waals surface area (Å²) in [6.45, 7) is 3.72. The maximum atomic E-state index is 12.4. The summed E-state index contributed by atoms with van der Waals surface area (Å²) in [4.78, 5) is 14.2. The van der Waals surface area contributed by atoms with Crippen LogP contribution in [-0.4, -0.2) is 42.2 Å². The number of rotatable bonds is 4. The number of likely N-dealkylation sites (tertiary alicyclic amines) is 1. The molecule has 2 rings (SSSR count). The van der Waals surface area contributed by atoms with Gasteiger partial charge in [0.25, 0.3) is 5.91 Å². The van der Waals surface area contributed by atoms with Gasteiger partial charge in [0.05, 0.1) is 0 Å². The van der Waals surface area contributed by atoms with E-state index < -0.39 is 0 Å². The zero-order valence-electron chi connectivity index (χ0n) is 11.9. The monoisotopic (exact) mass is 303 g/mol. The van der Waals surface area contributed by atoms with Crippen molar-refractivity contribution in [2.75, 3.05) is 20.2 Å². The van der Waals surface area contributed by atoms with Gasteiger partial charge in [-0.15, -0.1) is 12.4 Å². The lowest BCUT2D eigenvalue weighted by molar-refractivity contribution is 0.0563. The molecule has 20 heavy (non-hydrogen) atoms. The molecule has 0 aliphatic carbocycles. The van der Waals surface area contributed by atoms with Crippen molar-refractivity contribution in [1.82, 2.24) is 10.1 Å². The standard InChI is InChI=1S/C13H21N3O3.ClH/c1-9-3-4-16(10(5-9)7-14)13(17)12-6-11(8-18-2)19-15-12;/h6,9-10H,3-5,7-8,14H2,1-2H3;1H. The third-order valence-electron chi connectivity index (χ3n) is 3.58. The predicted molar refractivity (Wildman–Crippen MR) is 76.7 cm³/mol. The number of methoxy groups -OCH3 is 1. The summed E-state index contributed by atoms with van der Waals surface area (Å²) in [5.74, 6) is 1.06. The van der Waals surface area contributed by atoms with Crippen LogP contribution in [0.15, 0.2) is 10.6 Å². The quantitative estimate of drug-likeness (QED) is 0.910. The molecule has 0 spiro atoms. The van der Waals surface area contributed by atoms with Crippen molar-refractivity contribution < 1.29 is 14.1 Å². The first-order valence-corrected chi connectivity index (χ1v) is 6.61. The van der Waals surface area contributed by atoms with Gasteiger partial charge >= 0.3 is 0 Å². The fraction of sp³-hybridized carbons (Fsp3) is 0.692. The highest BCUT2D eigenvalue weighted by Gasteiger charge is 2.31. The second kappa shape index (κ2) is 7.61. The molecule has 1 fully saturated rings. The van der Waals surface area contributed by atoms with Gasteiger partial charge in [-0.1, -0.05) is 12.1 Å². The summed E-state index contributed by atoms with van der Waals surface area (Å²) in [5.41, 5.74) is 6.10. The van der Waals surface area contributed by atoms with Crippen LogP contribution in [0.5, 0.6) is 0 Å². The molecule has 1 aromatic heterocycles. The van der Waals surface area contributed by atoms with Crippen LogP contribution in [0.3, 0.4) is 0 Å². The third kappa shape index (κ3) is 3.71. The molecule has 1 amide bonds. The highest BCUT2D eigenvalue weighted by atomic mass is 35.5. The van der Waals surface area contributed by atoms with Crippen molar-refractivity contribution in [3.63, 3.8) is 0 Å². The molecule has 2 heterocycles. The van der Waals surface area contributed by atoms with E-state index in [1.54, 1.807) is 13.2 Å². The summed E-state index contributed by atoms with van der Waals surface area (Å²) < 4.78 is 10.00. The maximum absolute atomic E-state index is 12.4. The van der Waals surface area contributed by atoms with Gasteiger partial charge in [-0.3, -0.25) is 4.79 Å². The number of carbonyl (C=O) groups is 1. The maximum Gasteiger partial charge on any atom is 0.276 e. The average molecular weight is 304 g/mol. The highest BCUT2D eigenvalue weighted by molar-refractivity contribution is 5.92. The van der Waals surface area contributed by atoms with Crippen LogP contribution in [0.1, 0.15) is 36.0 Å². The molecule has 6 nitrogen and oxygen atoms in total. The van der Waals surface area contributed by atoms with E-state index in [0.29, 0.717) is 30.5 Å².